The lowest BCUT2D eigenvalue weighted by Crippen LogP contribution is -2.31. The molecule has 60 valence electrons. The highest BCUT2D eigenvalue weighted by Gasteiger charge is 2.29. The summed E-state index contributed by atoms with van der Waals surface area (Å²) in [6.07, 6.45) is 5.79. The predicted molar refractivity (Wildman–Crippen MR) is 40.9 cm³/mol. The van der Waals surface area contributed by atoms with Crippen LogP contribution in [0, 0.1) is 5.92 Å². The topological polar surface area (TPSA) is 52.5 Å². The first-order valence-corrected chi connectivity index (χ1v) is 3.79. The minimum absolute atomic E-state index is 0.193. The highest BCUT2D eigenvalue weighted by atomic mass is 16.3. The molecule has 0 radical (unpaired) electrons. The second-order valence-corrected chi connectivity index (χ2v) is 3.07. The molecule has 3 nitrogen and oxygen atoms in total. The van der Waals surface area contributed by atoms with Crippen LogP contribution in [0.5, 0.6) is 0 Å². The SMILES string of the molecule is OC1=CC2CC(O)C=CC2N1. The third-order valence-corrected chi connectivity index (χ3v) is 2.20. The summed E-state index contributed by atoms with van der Waals surface area (Å²) in [5.74, 6) is 0.494. The van der Waals surface area contributed by atoms with Crippen LogP contribution in [-0.4, -0.2) is 22.4 Å². The quantitative estimate of drug-likeness (QED) is 0.438. The molecule has 0 spiro atoms. The zero-order chi connectivity index (χ0) is 7.84. The summed E-state index contributed by atoms with van der Waals surface area (Å²) in [4.78, 5) is 0. The average Bonchev–Trinajstić information content (AvgIpc) is 2.27. The van der Waals surface area contributed by atoms with Crippen LogP contribution < -0.4 is 5.32 Å². The van der Waals surface area contributed by atoms with Crippen molar-refractivity contribution < 1.29 is 10.2 Å². The number of hydrogen-bond acceptors (Lipinski definition) is 3. The first kappa shape index (κ1) is 6.73. The fourth-order valence-electron chi connectivity index (χ4n) is 1.64. The highest BCUT2D eigenvalue weighted by molar-refractivity contribution is 5.18. The Morgan fingerprint density at radius 1 is 1.45 bits per heavy atom. The molecule has 2 aliphatic rings. The number of fused-ring (bicyclic) bond motifs is 1. The van der Waals surface area contributed by atoms with Gasteiger partial charge < -0.3 is 15.5 Å². The molecule has 0 amide bonds. The molecule has 0 aromatic carbocycles. The van der Waals surface area contributed by atoms with Gasteiger partial charge in [-0.1, -0.05) is 12.2 Å². The summed E-state index contributed by atoms with van der Waals surface area (Å²) in [5, 5.41) is 21.2. The maximum Gasteiger partial charge on any atom is 0.180 e. The summed E-state index contributed by atoms with van der Waals surface area (Å²) in [7, 11) is 0. The molecule has 0 fully saturated rings. The Morgan fingerprint density at radius 3 is 3.09 bits per heavy atom. The molecule has 1 aliphatic heterocycles. The van der Waals surface area contributed by atoms with Gasteiger partial charge >= 0.3 is 0 Å². The largest absolute Gasteiger partial charge is 0.495 e. The third-order valence-electron chi connectivity index (χ3n) is 2.20. The molecule has 1 heterocycles. The molecule has 1 aliphatic carbocycles. The standard InChI is InChI=1S/C8H11NO2/c10-6-1-2-7-5(3-6)4-8(11)9-7/h1-2,4-7,9-11H,3H2. The van der Waals surface area contributed by atoms with Crippen LogP contribution in [0.15, 0.2) is 24.1 Å². The van der Waals surface area contributed by atoms with Gasteiger partial charge in [-0.3, -0.25) is 0 Å². The molecule has 3 heteroatoms. The molecule has 0 aromatic rings. The minimum Gasteiger partial charge on any atom is -0.495 e. The summed E-state index contributed by atoms with van der Waals surface area (Å²) in [5.41, 5.74) is 0. The van der Waals surface area contributed by atoms with Crippen molar-refractivity contribution in [1.29, 1.82) is 0 Å². The van der Waals surface area contributed by atoms with E-state index in [1.165, 1.54) is 0 Å². The first-order valence-electron chi connectivity index (χ1n) is 3.79. The van der Waals surface area contributed by atoms with E-state index < -0.39 is 0 Å². The zero-order valence-electron chi connectivity index (χ0n) is 6.07. The second kappa shape index (κ2) is 2.27. The van der Waals surface area contributed by atoms with E-state index in [4.69, 9.17) is 5.11 Å². The Balaban J connectivity index is 2.16. The van der Waals surface area contributed by atoms with Crippen molar-refractivity contribution in [1.82, 2.24) is 5.32 Å². The molecule has 0 saturated carbocycles. The van der Waals surface area contributed by atoms with E-state index in [1.54, 1.807) is 12.2 Å². The van der Waals surface area contributed by atoms with Crippen LogP contribution in [0.25, 0.3) is 0 Å². The Kier molecular flexibility index (Phi) is 1.39. The van der Waals surface area contributed by atoms with Crippen LogP contribution >= 0.6 is 0 Å². The van der Waals surface area contributed by atoms with E-state index in [-0.39, 0.29) is 23.9 Å². The Bertz CT molecular complexity index is 222. The van der Waals surface area contributed by atoms with Gasteiger partial charge in [0.15, 0.2) is 5.88 Å². The smallest absolute Gasteiger partial charge is 0.180 e. The van der Waals surface area contributed by atoms with Gasteiger partial charge in [0.25, 0.3) is 0 Å². The van der Waals surface area contributed by atoms with E-state index in [2.05, 4.69) is 5.32 Å². The number of nitrogens with one attached hydrogen (secondary N) is 1. The average molecular weight is 153 g/mol. The number of rotatable bonds is 0. The fourth-order valence-corrected chi connectivity index (χ4v) is 1.64. The van der Waals surface area contributed by atoms with Gasteiger partial charge in [-0.2, -0.15) is 0 Å². The van der Waals surface area contributed by atoms with Gasteiger partial charge in [-0.15, -0.1) is 0 Å². The fraction of sp³-hybridized carbons (Fsp3) is 0.500. The molecule has 0 saturated heterocycles. The van der Waals surface area contributed by atoms with Crippen molar-refractivity contribution in [3.63, 3.8) is 0 Å². The minimum atomic E-state index is -0.347. The van der Waals surface area contributed by atoms with Gasteiger partial charge in [0.2, 0.25) is 0 Å². The lowest BCUT2D eigenvalue weighted by molar-refractivity contribution is 0.184. The lowest BCUT2D eigenvalue weighted by Gasteiger charge is -2.22. The van der Waals surface area contributed by atoms with Crippen molar-refractivity contribution in [2.24, 2.45) is 5.92 Å². The molecule has 0 bridgehead atoms. The molecular formula is C8H11NO2. The Morgan fingerprint density at radius 2 is 2.27 bits per heavy atom. The van der Waals surface area contributed by atoms with E-state index in [0.717, 1.165) is 0 Å². The Labute approximate surface area is 65.0 Å². The van der Waals surface area contributed by atoms with Gasteiger partial charge in [0.1, 0.15) is 0 Å². The van der Waals surface area contributed by atoms with E-state index >= 15 is 0 Å². The summed E-state index contributed by atoms with van der Waals surface area (Å²) in [6, 6.07) is 0.193. The third kappa shape index (κ3) is 1.12. The second-order valence-electron chi connectivity index (χ2n) is 3.07. The summed E-state index contributed by atoms with van der Waals surface area (Å²) in [6.45, 7) is 0. The number of aliphatic hydroxyl groups excluding tert-OH is 2. The zero-order valence-corrected chi connectivity index (χ0v) is 6.07. The number of aliphatic hydroxyl groups is 2. The van der Waals surface area contributed by atoms with Crippen molar-refractivity contribution >= 4 is 0 Å². The van der Waals surface area contributed by atoms with E-state index in [0.29, 0.717) is 6.42 Å². The van der Waals surface area contributed by atoms with Gasteiger partial charge in [0.05, 0.1) is 12.1 Å². The molecule has 3 N–H and O–H groups in total. The normalized spacial score (nSPS) is 41.2. The molecule has 3 unspecified atom stereocenters. The number of hydrogen-bond donors (Lipinski definition) is 3. The lowest BCUT2D eigenvalue weighted by atomic mass is 9.90. The van der Waals surface area contributed by atoms with Crippen molar-refractivity contribution in [3.05, 3.63) is 24.1 Å². The van der Waals surface area contributed by atoms with Crippen LogP contribution in [0.1, 0.15) is 6.42 Å². The molecule has 0 aromatic heterocycles. The molecular weight excluding hydrogens is 142 g/mol. The molecule has 3 atom stereocenters. The van der Waals surface area contributed by atoms with Crippen molar-refractivity contribution in [3.8, 4) is 0 Å². The Hall–Kier alpha value is -0.960. The van der Waals surface area contributed by atoms with Gasteiger partial charge in [-0.25, -0.2) is 0 Å². The summed E-state index contributed by atoms with van der Waals surface area (Å²) >= 11 is 0. The van der Waals surface area contributed by atoms with Crippen LogP contribution in [0.2, 0.25) is 0 Å². The van der Waals surface area contributed by atoms with E-state index in [1.807, 2.05) is 6.08 Å². The highest BCUT2D eigenvalue weighted by Crippen LogP contribution is 2.25. The summed E-state index contributed by atoms with van der Waals surface area (Å²) < 4.78 is 0. The first-order chi connectivity index (χ1) is 5.25. The predicted octanol–water partition coefficient (Wildman–Crippen LogP) is 0.295. The van der Waals surface area contributed by atoms with Crippen LogP contribution in [0.3, 0.4) is 0 Å². The maximum atomic E-state index is 9.22. The monoisotopic (exact) mass is 153 g/mol. The van der Waals surface area contributed by atoms with Gasteiger partial charge in [0, 0.05) is 5.92 Å². The molecule has 2 rings (SSSR count). The van der Waals surface area contributed by atoms with Crippen molar-refractivity contribution in [2.45, 2.75) is 18.6 Å². The van der Waals surface area contributed by atoms with Crippen molar-refractivity contribution in [2.75, 3.05) is 0 Å². The maximum absolute atomic E-state index is 9.22. The van der Waals surface area contributed by atoms with Gasteiger partial charge in [-0.05, 0) is 12.5 Å². The molecule has 11 heavy (non-hydrogen) atoms. The van der Waals surface area contributed by atoms with E-state index in [9.17, 15) is 5.11 Å². The van der Waals surface area contributed by atoms with Crippen LogP contribution in [0.4, 0.5) is 0 Å². The van der Waals surface area contributed by atoms with Crippen LogP contribution in [-0.2, 0) is 0 Å².